The highest BCUT2D eigenvalue weighted by Crippen LogP contribution is 2.30. The first kappa shape index (κ1) is 13.5. The minimum absolute atomic E-state index is 0.0620. The standard InChI is InChI=1S/C12H11F4N3/c1-7(17)9-3-2-4-10(13)11(9)19-6-8(5-18-19)12(14,15)16/h2-7H,17H2,1H3/t7-/m1/s1. The number of alkyl halides is 3. The summed E-state index contributed by atoms with van der Waals surface area (Å²) in [4.78, 5) is 0. The first-order valence-electron chi connectivity index (χ1n) is 5.47. The molecule has 2 rings (SSSR count). The third kappa shape index (κ3) is 2.60. The van der Waals surface area contributed by atoms with Gasteiger partial charge in [-0.1, -0.05) is 12.1 Å². The van der Waals surface area contributed by atoms with Crippen LogP contribution >= 0.6 is 0 Å². The third-order valence-corrected chi connectivity index (χ3v) is 2.65. The molecule has 0 aliphatic rings. The molecule has 0 fully saturated rings. The van der Waals surface area contributed by atoms with Gasteiger partial charge < -0.3 is 5.73 Å². The lowest BCUT2D eigenvalue weighted by atomic mass is 10.1. The number of aromatic nitrogens is 2. The van der Waals surface area contributed by atoms with Crippen molar-refractivity contribution in [3.63, 3.8) is 0 Å². The average molecular weight is 273 g/mol. The van der Waals surface area contributed by atoms with E-state index in [2.05, 4.69) is 5.10 Å². The summed E-state index contributed by atoms with van der Waals surface area (Å²) in [7, 11) is 0. The number of benzene rings is 1. The largest absolute Gasteiger partial charge is 0.419 e. The highest BCUT2D eigenvalue weighted by atomic mass is 19.4. The predicted molar refractivity (Wildman–Crippen MR) is 61.1 cm³/mol. The summed E-state index contributed by atoms with van der Waals surface area (Å²) in [6, 6.07) is 3.63. The summed E-state index contributed by atoms with van der Waals surface area (Å²) < 4.78 is 52.2. The van der Waals surface area contributed by atoms with E-state index in [4.69, 9.17) is 5.73 Å². The zero-order valence-corrected chi connectivity index (χ0v) is 9.95. The van der Waals surface area contributed by atoms with Crippen LogP contribution in [0.3, 0.4) is 0 Å². The lowest BCUT2D eigenvalue weighted by Gasteiger charge is -2.13. The zero-order chi connectivity index (χ0) is 14.2. The molecule has 0 aliphatic carbocycles. The van der Waals surface area contributed by atoms with Crippen molar-refractivity contribution in [3.05, 3.63) is 47.5 Å². The molecule has 0 amide bonds. The van der Waals surface area contributed by atoms with Crippen molar-refractivity contribution in [1.29, 1.82) is 0 Å². The Morgan fingerprint density at radius 1 is 1.32 bits per heavy atom. The van der Waals surface area contributed by atoms with Crippen LogP contribution in [0.4, 0.5) is 17.6 Å². The molecule has 0 unspecified atom stereocenters. The van der Waals surface area contributed by atoms with E-state index in [0.717, 1.165) is 16.9 Å². The molecule has 19 heavy (non-hydrogen) atoms. The smallest absolute Gasteiger partial charge is 0.324 e. The lowest BCUT2D eigenvalue weighted by Crippen LogP contribution is -2.12. The molecule has 1 aromatic carbocycles. The first-order chi connectivity index (χ1) is 8.80. The number of nitrogens with two attached hydrogens (primary N) is 1. The van der Waals surface area contributed by atoms with Crippen molar-refractivity contribution in [2.75, 3.05) is 0 Å². The van der Waals surface area contributed by atoms with E-state index in [-0.39, 0.29) is 5.69 Å². The predicted octanol–water partition coefficient (Wildman–Crippen LogP) is 3.05. The van der Waals surface area contributed by atoms with Gasteiger partial charge in [0, 0.05) is 12.2 Å². The molecule has 1 heterocycles. The highest BCUT2D eigenvalue weighted by Gasteiger charge is 2.32. The van der Waals surface area contributed by atoms with Gasteiger partial charge in [-0.25, -0.2) is 9.07 Å². The van der Waals surface area contributed by atoms with E-state index in [9.17, 15) is 17.6 Å². The lowest BCUT2D eigenvalue weighted by molar-refractivity contribution is -0.137. The molecule has 0 spiro atoms. The number of hydrogen-bond donors (Lipinski definition) is 1. The van der Waals surface area contributed by atoms with Crippen LogP contribution < -0.4 is 5.73 Å². The van der Waals surface area contributed by atoms with E-state index in [1.807, 2.05) is 0 Å². The molecule has 0 radical (unpaired) electrons. The van der Waals surface area contributed by atoms with E-state index in [0.29, 0.717) is 11.8 Å². The number of hydrogen-bond acceptors (Lipinski definition) is 2. The van der Waals surface area contributed by atoms with Crippen LogP contribution in [-0.4, -0.2) is 9.78 Å². The summed E-state index contributed by atoms with van der Waals surface area (Å²) in [6.07, 6.45) is -3.13. The minimum Gasteiger partial charge on any atom is -0.324 e. The Balaban J connectivity index is 2.56. The van der Waals surface area contributed by atoms with Gasteiger partial charge in [0.15, 0.2) is 0 Å². The third-order valence-electron chi connectivity index (χ3n) is 2.65. The number of nitrogens with zero attached hydrogens (tertiary/aromatic N) is 2. The van der Waals surface area contributed by atoms with Crippen molar-refractivity contribution in [3.8, 4) is 5.69 Å². The Kier molecular flexibility index (Phi) is 3.32. The van der Waals surface area contributed by atoms with Crippen molar-refractivity contribution in [1.82, 2.24) is 9.78 Å². The zero-order valence-electron chi connectivity index (χ0n) is 9.95. The molecule has 7 heteroatoms. The first-order valence-corrected chi connectivity index (χ1v) is 5.47. The van der Waals surface area contributed by atoms with Gasteiger partial charge in [0.1, 0.15) is 11.5 Å². The highest BCUT2D eigenvalue weighted by molar-refractivity contribution is 5.43. The Morgan fingerprint density at radius 2 is 2.00 bits per heavy atom. The van der Waals surface area contributed by atoms with Gasteiger partial charge in [0.25, 0.3) is 0 Å². The monoisotopic (exact) mass is 273 g/mol. The van der Waals surface area contributed by atoms with Crippen LogP contribution in [0, 0.1) is 5.82 Å². The van der Waals surface area contributed by atoms with Crippen LogP contribution in [0.15, 0.2) is 30.6 Å². The molecule has 2 aromatic rings. The van der Waals surface area contributed by atoms with Gasteiger partial charge in [-0.3, -0.25) is 0 Å². The average Bonchev–Trinajstić information content (AvgIpc) is 2.77. The minimum atomic E-state index is -4.52. The summed E-state index contributed by atoms with van der Waals surface area (Å²) in [5.41, 5.74) is 5.07. The Hall–Kier alpha value is -1.89. The quantitative estimate of drug-likeness (QED) is 0.855. The van der Waals surface area contributed by atoms with Gasteiger partial charge in [-0.15, -0.1) is 0 Å². The van der Waals surface area contributed by atoms with Gasteiger partial charge >= 0.3 is 6.18 Å². The van der Waals surface area contributed by atoms with Crippen LogP contribution in [0.5, 0.6) is 0 Å². The molecule has 3 nitrogen and oxygen atoms in total. The maximum Gasteiger partial charge on any atom is 0.419 e. The van der Waals surface area contributed by atoms with Crippen LogP contribution in [0.2, 0.25) is 0 Å². The van der Waals surface area contributed by atoms with E-state index in [1.165, 1.54) is 6.07 Å². The maximum absolute atomic E-state index is 13.8. The Morgan fingerprint density at radius 3 is 2.53 bits per heavy atom. The Bertz CT molecular complexity index is 587. The van der Waals surface area contributed by atoms with Crippen molar-refractivity contribution >= 4 is 0 Å². The normalized spacial score (nSPS) is 13.6. The van der Waals surface area contributed by atoms with E-state index in [1.54, 1.807) is 13.0 Å². The molecule has 102 valence electrons. The Labute approximate surface area is 106 Å². The molecule has 2 N–H and O–H groups in total. The number of para-hydroxylation sites is 1. The van der Waals surface area contributed by atoms with Gasteiger partial charge in [0.2, 0.25) is 0 Å². The van der Waals surface area contributed by atoms with Gasteiger partial charge in [-0.05, 0) is 18.6 Å². The molecule has 1 atom stereocenters. The molecular weight excluding hydrogens is 262 g/mol. The van der Waals surface area contributed by atoms with E-state index < -0.39 is 23.6 Å². The molecule has 0 bridgehead atoms. The molecule has 1 aromatic heterocycles. The molecule has 0 aliphatic heterocycles. The van der Waals surface area contributed by atoms with Crippen LogP contribution in [0.1, 0.15) is 24.1 Å². The van der Waals surface area contributed by atoms with Gasteiger partial charge in [-0.2, -0.15) is 18.3 Å². The van der Waals surface area contributed by atoms with Crippen molar-refractivity contribution in [2.24, 2.45) is 5.73 Å². The van der Waals surface area contributed by atoms with E-state index >= 15 is 0 Å². The summed E-state index contributed by atoms with van der Waals surface area (Å²) >= 11 is 0. The second-order valence-corrected chi connectivity index (χ2v) is 4.14. The fourth-order valence-electron chi connectivity index (χ4n) is 1.73. The fraction of sp³-hybridized carbons (Fsp3) is 0.250. The fourth-order valence-corrected chi connectivity index (χ4v) is 1.73. The second-order valence-electron chi connectivity index (χ2n) is 4.14. The number of halogens is 4. The molecule has 0 saturated carbocycles. The number of rotatable bonds is 2. The maximum atomic E-state index is 13.8. The van der Waals surface area contributed by atoms with Crippen LogP contribution in [0.25, 0.3) is 5.69 Å². The van der Waals surface area contributed by atoms with Crippen molar-refractivity contribution < 1.29 is 17.6 Å². The van der Waals surface area contributed by atoms with Crippen LogP contribution in [-0.2, 0) is 6.18 Å². The molecule has 0 saturated heterocycles. The summed E-state index contributed by atoms with van der Waals surface area (Å²) in [5, 5.41) is 3.56. The summed E-state index contributed by atoms with van der Waals surface area (Å²) in [5.74, 6) is -0.674. The summed E-state index contributed by atoms with van der Waals surface area (Å²) in [6.45, 7) is 1.62. The topological polar surface area (TPSA) is 43.8 Å². The van der Waals surface area contributed by atoms with Gasteiger partial charge in [0.05, 0.1) is 11.8 Å². The second kappa shape index (κ2) is 4.65. The SMILES string of the molecule is C[C@@H](N)c1cccc(F)c1-n1cc(C(F)(F)F)cn1. The van der Waals surface area contributed by atoms with Crippen molar-refractivity contribution in [2.45, 2.75) is 19.1 Å². The molecular formula is C12H11F4N3.